The zero-order valence-electron chi connectivity index (χ0n) is 18.5. The Balaban J connectivity index is 1.83. The van der Waals surface area contributed by atoms with Gasteiger partial charge in [-0.25, -0.2) is 4.99 Å². The summed E-state index contributed by atoms with van der Waals surface area (Å²) in [6.45, 7) is -2.22. The van der Waals surface area contributed by atoms with Gasteiger partial charge < -0.3 is 19.5 Å². The number of hydrogen-bond acceptors (Lipinski definition) is 7. The highest BCUT2D eigenvalue weighted by Gasteiger charge is 2.32. The van der Waals surface area contributed by atoms with Crippen LogP contribution < -0.4 is 19.7 Å². The first kappa shape index (κ1) is 25.2. The third-order valence-electron chi connectivity index (χ3n) is 4.53. The SMILES string of the molecule is COCCNC(=O)CSC1=N/C(=C\c2ccc(OC)cc2)C(=O)N1c1ccc(OC(F)F)cc1. The Morgan fingerprint density at radius 2 is 1.79 bits per heavy atom. The summed E-state index contributed by atoms with van der Waals surface area (Å²) < 4.78 is 39.4. The number of halogens is 2. The van der Waals surface area contributed by atoms with Crippen LogP contribution in [0.4, 0.5) is 14.5 Å². The minimum absolute atomic E-state index is 0.0225. The molecule has 0 aromatic heterocycles. The van der Waals surface area contributed by atoms with Crippen molar-refractivity contribution < 1.29 is 32.6 Å². The second-order valence-corrected chi connectivity index (χ2v) is 7.78. The van der Waals surface area contributed by atoms with Gasteiger partial charge in [0, 0.05) is 13.7 Å². The number of benzene rings is 2. The predicted octanol–water partition coefficient (Wildman–Crippen LogP) is 3.54. The van der Waals surface area contributed by atoms with Crippen molar-refractivity contribution in [1.82, 2.24) is 5.32 Å². The standard InChI is InChI=1S/C23H23F2N3O5S/c1-31-12-11-26-20(29)14-34-23-27-19(13-15-3-7-17(32-2)8-4-15)21(30)28(23)16-5-9-18(10-6-16)33-22(24)25/h3-10,13,22H,11-12,14H2,1-2H3,(H,26,29)/b19-13-. The molecule has 0 atom stereocenters. The van der Waals surface area contributed by atoms with Crippen LogP contribution in [0.25, 0.3) is 6.08 Å². The number of aliphatic imine (C=N–C) groups is 1. The fourth-order valence-corrected chi connectivity index (χ4v) is 3.77. The number of methoxy groups -OCH3 is 2. The molecule has 0 fully saturated rings. The van der Waals surface area contributed by atoms with E-state index in [-0.39, 0.29) is 28.3 Å². The molecule has 2 amide bonds. The minimum Gasteiger partial charge on any atom is -0.497 e. The molecular weight excluding hydrogens is 468 g/mol. The van der Waals surface area contributed by atoms with Gasteiger partial charge in [-0.15, -0.1) is 0 Å². The van der Waals surface area contributed by atoms with Crippen LogP contribution in [0.2, 0.25) is 0 Å². The van der Waals surface area contributed by atoms with Crippen molar-refractivity contribution in [3.8, 4) is 11.5 Å². The molecule has 0 unspecified atom stereocenters. The molecule has 2 aromatic carbocycles. The highest BCUT2D eigenvalue weighted by atomic mass is 32.2. The van der Waals surface area contributed by atoms with E-state index in [1.807, 2.05) is 0 Å². The monoisotopic (exact) mass is 491 g/mol. The maximum absolute atomic E-state index is 13.2. The fraction of sp³-hybridized carbons (Fsp3) is 0.261. The zero-order valence-corrected chi connectivity index (χ0v) is 19.3. The molecule has 0 aliphatic carbocycles. The molecule has 1 N–H and O–H groups in total. The first-order valence-electron chi connectivity index (χ1n) is 10.1. The zero-order chi connectivity index (χ0) is 24.5. The van der Waals surface area contributed by atoms with E-state index in [2.05, 4.69) is 15.0 Å². The predicted molar refractivity (Wildman–Crippen MR) is 126 cm³/mol. The third kappa shape index (κ3) is 6.78. The Morgan fingerprint density at radius 3 is 2.41 bits per heavy atom. The van der Waals surface area contributed by atoms with Crippen LogP contribution in [0.3, 0.4) is 0 Å². The normalized spacial score (nSPS) is 14.5. The Morgan fingerprint density at radius 1 is 1.12 bits per heavy atom. The molecule has 11 heteroatoms. The molecule has 8 nitrogen and oxygen atoms in total. The lowest BCUT2D eigenvalue weighted by molar-refractivity contribution is -0.118. The topological polar surface area (TPSA) is 89.5 Å². The quantitative estimate of drug-likeness (QED) is 0.404. The van der Waals surface area contributed by atoms with Crippen molar-refractivity contribution in [2.75, 3.05) is 38.0 Å². The Hall–Kier alpha value is -3.44. The molecule has 34 heavy (non-hydrogen) atoms. The molecule has 1 aliphatic rings. The van der Waals surface area contributed by atoms with E-state index < -0.39 is 12.5 Å². The molecule has 0 saturated heterocycles. The van der Waals surface area contributed by atoms with Gasteiger partial charge >= 0.3 is 6.61 Å². The van der Waals surface area contributed by atoms with Gasteiger partial charge in [0.05, 0.1) is 25.2 Å². The average Bonchev–Trinajstić information content (AvgIpc) is 3.13. The summed E-state index contributed by atoms with van der Waals surface area (Å²) in [6, 6.07) is 12.7. The number of carbonyl (C=O) groups excluding carboxylic acids is 2. The number of thioether (sulfide) groups is 1. The van der Waals surface area contributed by atoms with Crippen molar-refractivity contribution >= 4 is 40.5 Å². The molecule has 0 spiro atoms. The lowest BCUT2D eigenvalue weighted by Crippen LogP contribution is -2.33. The van der Waals surface area contributed by atoms with Crippen molar-refractivity contribution in [3.05, 3.63) is 59.8 Å². The highest BCUT2D eigenvalue weighted by Crippen LogP contribution is 2.31. The summed E-state index contributed by atoms with van der Waals surface area (Å²) >= 11 is 1.08. The molecule has 3 rings (SSSR count). The summed E-state index contributed by atoms with van der Waals surface area (Å²) in [5.74, 6) is -0.00434. The van der Waals surface area contributed by atoms with Gasteiger partial charge in [-0.2, -0.15) is 8.78 Å². The van der Waals surface area contributed by atoms with E-state index in [0.29, 0.717) is 24.6 Å². The van der Waals surface area contributed by atoms with E-state index in [4.69, 9.17) is 9.47 Å². The van der Waals surface area contributed by atoms with Crippen LogP contribution in [0.1, 0.15) is 5.56 Å². The summed E-state index contributed by atoms with van der Waals surface area (Å²) in [5, 5.41) is 2.99. The first-order valence-corrected chi connectivity index (χ1v) is 11.1. The van der Waals surface area contributed by atoms with E-state index >= 15 is 0 Å². The lowest BCUT2D eigenvalue weighted by Gasteiger charge is -2.18. The largest absolute Gasteiger partial charge is 0.497 e. The van der Waals surface area contributed by atoms with Crippen LogP contribution in [-0.4, -0.2) is 56.7 Å². The number of ether oxygens (including phenoxy) is 3. The Kier molecular flexibility index (Phi) is 9.00. The van der Waals surface area contributed by atoms with Gasteiger partial charge in [0.15, 0.2) is 5.17 Å². The highest BCUT2D eigenvalue weighted by molar-refractivity contribution is 8.14. The minimum atomic E-state index is -2.96. The summed E-state index contributed by atoms with van der Waals surface area (Å²) in [7, 11) is 3.09. The van der Waals surface area contributed by atoms with Crippen LogP contribution >= 0.6 is 11.8 Å². The van der Waals surface area contributed by atoms with Crippen molar-refractivity contribution in [2.24, 2.45) is 4.99 Å². The van der Waals surface area contributed by atoms with Gasteiger partial charge in [-0.05, 0) is 48.0 Å². The molecule has 1 heterocycles. The van der Waals surface area contributed by atoms with Gasteiger partial charge in [0.2, 0.25) is 5.91 Å². The molecule has 0 saturated carbocycles. The number of nitrogens with one attached hydrogen (secondary N) is 1. The lowest BCUT2D eigenvalue weighted by atomic mass is 10.2. The number of hydrogen-bond donors (Lipinski definition) is 1. The summed E-state index contributed by atoms with van der Waals surface area (Å²) in [6.07, 6.45) is 1.62. The van der Waals surface area contributed by atoms with Crippen molar-refractivity contribution in [3.63, 3.8) is 0 Å². The summed E-state index contributed by atoms with van der Waals surface area (Å²) in [5.41, 5.74) is 1.30. The summed E-state index contributed by atoms with van der Waals surface area (Å²) in [4.78, 5) is 31.1. The second kappa shape index (κ2) is 12.1. The number of amidine groups is 1. The number of nitrogens with zero attached hydrogens (tertiary/aromatic N) is 2. The number of carbonyl (C=O) groups is 2. The number of rotatable bonds is 10. The third-order valence-corrected chi connectivity index (χ3v) is 5.47. The smallest absolute Gasteiger partial charge is 0.387 e. The van der Waals surface area contributed by atoms with E-state index in [1.54, 1.807) is 37.5 Å². The molecule has 0 radical (unpaired) electrons. The first-order chi connectivity index (χ1) is 16.4. The van der Waals surface area contributed by atoms with Gasteiger partial charge in [-0.3, -0.25) is 14.5 Å². The molecule has 1 aliphatic heterocycles. The van der Waals surface area contributed by atoms with Gasteiger partial charge in [0.25, 0.3) is 5.91 Å². The second-order valence-electron chi connectivity index (χ2n) is 6.84. The number of anilines is 1. The average molecular weight is 492 g/mol. The molecule has 2 aromatic rings. The molecule has 180 valence electrons. The maximum atomic E-state index is 13.2. The molecule has 0 bridgehead atoms. The van der Waals surface area contributed by atoms with Crippen molar-refractivity contribution in [2.45, 2.75) is 6.61 Å². The van der Waals surface area contributed by atoms with Crippen molar-refractivity contribution in [1.29, 1.82) is 0 Å². The van der Waals surface area contributed by atoms with E-state index in [0.717, 1.165) is 17.3 Å². The number of alkyl halides is 2. The van der Waals surface area contributed by atoms with Crippen LogP contribution in [-0.2, 0) is 14.3 Å². The number of amides is 2. The Bertz CT molecular complexity index is 1060. The van der Waals surface area contributed by atoms with E-state index in [9.17, 15) is 18.4 Å². The van der Waals surface area contributed by atoms with Crippen LogP contribution in [0, 0.1) is 0 Å². The van der Waals surface area contributed by atoms with Gasteiger partial charge in [-0.1, -0.05) is 23.9 Å². The molecular formula is C23H23F2N3O5S. The maximum Gasteiger partial charge on any atom is 0.387 e. The van der Waals surface area contributed by atoms with Gasteiger partial charge in [0.1, 0.15) is 17.2 Å². The van der Waals surface area contributed by atoms with Crippen LogP contribution in [0.5, 0.6) is 11.5 Å². The van der Waals surface area contributed by atoms with E-state index in [1.165, 1.54) is 36.3 Å². The fourth-order valence-electron chi connectivity index (χ4n) is 2.93. The Labute approximate surface area is 199 Å². The van der Waals surface area contributed by atoms with Crippen LogP contribution in [0.15, 0.2) is 59.2 Å².